The Morgan fingerprint density at radius 2 is 2.22 bits per heavy atom. The van der Waals surface area contributed by atoms with Gasteiger partial charge in [0.2, 0.25) is 5.91 Å². The van der Waals surface area contributed by atoms with Crippen LogP contribution < -0.4 is 5.32 Å². The highest BCUT2D eigenvalue weighted by atomic mass is 79.9. The van der Waals surface area contributed by atoms with Crippen LogP contribution in [0.2, 0.25) is 0 Å². The molecule has 116 valence electrons. The quantitative estimate of drug-likeness (QED) is 0.659. The monoisotopic (exact) mass is 387 g/mol. The summed E-state index contributed by atoms with van der Waals surface area (Å²) in [7, 11) is 0. The molecule has 0 unspecified atom stereocenters. The molecule has 2 aromatic heterocycles. The number of nitrogens with zero attached hydrogens (tertiary/aromatic N) is 2. The first kappa shape index (κ1) is 15.7. The van der Waals surface area contributed by atoms with Gasteiger partial charge >= 0.3 is 0 Å². The van der Waals surface area contributed by atoms with Crippen molar-refractivity contribution in [1.29, 1.82) is 0 Å². The summed E-state index contributed by atoms with van der Waals surface area (Å²) in [6, 6.07) is 13.7. The van der Waals surface area contributed by atoms with E-state index in [4.69, 9.17) is 0 Å². The van der Waals surface area contributed by atoms with Crippen LogP contribution in [0.1, 0.15) is 10.4 Å². The summed E-state index contributed by atoms with van der Waals surface area (Å²) in [4.78, 5) is 13.1. The number of carbonyl (C=O) groups is 1. The van der Waals surface area contributed by atoms with Crippen LogP contribution in [0.4, 0.5) is 5.82 Å². The lowest BCUT2D eigenvalue weighted by atomic mass is 10.2. The highest BCUT2D eigenvalue weighted by Crippen LogP contribution is 2.15. The molecule has 0 aliphatic heterocycles. The van der Waals surface area contributed by atoms with E-state index < -0.39 is 0 Å². The zero-order chi connectivity index (χ0) is 16.1. The van der Waals surface area contributed by atoms with Crippen molar-refractivity contribution in [3.05, 3.63) is 75.0 Å². The van der Waals surface area contributed by atoms with E-state index in [0.717, 1.165) is 14.9 Å². The van der Waals surface area contributed by atoms with Crippen molar-refractivity contribution in [2.24, 2.45) is 0 Å². The van der Waals surface area contributed by atoms with Crippen LogP contribution >= 0.6 is 27.3 Å². The molecule has 1 amide bonds. The summed E-state index contributed by atoms with van der Waals surface area (Å²) in [5.74, 6) is 0.500. The van der Waals surface area contributed by atoms with Gasteiger partial charge in [-0.1, -0.05) is 34.1 Å². The topological polar surface area (TPSA) is 46.9 Å². The summed E-state index contributed by atoms with van der Waals surface area (Å²) in [6.07, 6.45) is 5.01. The number of thiophene rings is 1. The van der Waals surface area contributed by atoms with Crippen LogP contribution in [0.3, 0.4) is 0 Å². The first-order valence-electron chi connectivity index (χ1n) is 6.99. The molecule has 0 aliphatic rings. The van der Waals surface area contributed by atoms with Gasteiger partial charge in [-0.2, -0.15) is 5.10 Å². The molecule has 3 rings (SSSR count). The van der Waals surface area contributed by atoms with E-state index in [1.807, 2.05) is 41.8 Å². The Hall–Kier alpha value is -2.18. The predicted octanol–water partition coefficient (Wildman–Crippen LogP) is 4.41. The number of hydrogen-bond acceptors (Lipinski definition) is 3. The standard InChI is InChI=1S/C17H14BrN3OS/c18-14-4-1-3-13(11-14)12-21-16(8-9-19-21)20-17(22)7-6-15-5-2-10-23-15/h1-11H,12H2,(H,20,22)/b7-6+. The molecule has 1 aromatic carbocycles. The number of benzene rings is 1. The third-order valence-electron chi connectivity index (χ3n) is 3.13. The van der Waals surface area contributed by atoms with Gasteiger partial charge in [0, 0.05) is 21.5 Å². The van der Waals surface area contributed by atoms with Gasteiger partial charge in [0.15, 0.2) is 0 Å². The number of aromatic nitrogens is 2. The van der Waals surface area contributed by atoms with Gasteiger partial charge in [-0.3, -0.25) is 4.79 Å². The first-order chi connectivity index (χ1) is 11.2. The molecule has 23 heavy (non-hydrogen) atoms. The van der Waals surface area contributed by atoms with Crippen LogP contribution in [0, 0.1) is 0 Å². The van der Waals surface area contributed by atoms with Gasteiger partial charge < -0.3 is 5.32 Å². The maximum Gasteiger partial charge on any atom is 0.249 e. The molecule has 0 aliphatic carbocycles. The highest BCUT2D eigenvalue weighted by Gasteiger charge is 2.06. The normalized spacial score (nSPS) is 11.0. The first-order valence-corrected chi connectivity index (χ1v) is 8.67. The molecule has 4 nitrogen and oxygen atoms in total. The summed E-state index contributed by atoms with van der Waals surface area (Å²) < 4.78 is 2.78. The van der Waals surface area contributed by atoms with Crippen molar-refractivity contribution in [2.45, 2.75) is 6.54 Å². The van der Waals surface area contributed by atoms with E-state index in [9.17, 15) is 4.79 Å². The molecule has 6 heteroatoms. The second-order valence-corrected chi connectivity index (χ2v) is 6.74. The molecule has 0 spiro atoms. The summed E-state index contributed by atoms with van der Waals surface area (Å²) >= 11 is 5.05. The van der Waals surface area contributed by atoms with Crippen LogP contribution in [0.5, 0.6) is 0 Å². The van der Waals surface area contributed by atoms with Crippen LogP contribution in [-0.2, 0) is 11.3 Å². The number of rotatable bonds is 5. The summed E-state index contributed by atoms with van der Waals surface area (Å²) in [6.45, 7) is 0.594. The van der Waals surface area contributed by atoms with E-state index in [1.165, 1.54) is 6.08 Å². The second kappa shape index (κ2) is 7.39. The number of carbonyl (C=O) groups excluding carboxylic acids is 1. The molecule has 3 aromatic rings. The number of halogens is 1. The van der Waals surface area contributed by atoms with Crippen molar-refractivity contribution in [3.63, 3.8) is 0 Å². The average Bonchev–Trinajstić information content (AvgIpc) is 3.18. The fourth-order valence-electron chi connectivity index (χ4n) is 2.08. The average molecular weight is 388 g/mol. The maximum atomic E-state index is 12.0. The zero-order valence-corrected chi connectivity index (χ0v) is 14.5. The van der Waals surface area contributed by atoms with Gasteiger partial charge in [-0.25, -0.2) is 4.68 Å². The lowest BCUT2D eigenvalue weighted by molar-refractivity contribution is -0.111. The molecular formula is C17H14BrN3OS. The Balaban J connectivity index is 1.67. The van der Waals surface area contributed by atoms with E-state index >= 15 is 0 Å². The molecule has 0 saturated carbocycles. The van der Waals surface area contributed by atoms with E-state index in [-0.39, 0.29) is 5.91 Å². The SMILES string of the molecule is O=C(/C=C/c1cccs1)Nc1ccnn1Cc1cccc(Br)c1. The number of amides is 1. The summed E-state index contributed by atoms with van der Waals surface area (Å²) in [5, 5.41) is 9.10. The number of anilines is 1. The molecule has 0 radical (unpaired) electrons. The van der Waals surface area contributed by atoms with Crippen LogP contribution in [0.15, 0.2) is 64.6 Å². The maximum absolute atomic E-state index is 12.0. The lowest BCUT2D eigenvalue weighted by Crippen LogP contribution is -2.13. The largest absolute Gasteiger partial charge is 0.307 e. The minimum absolute atomic E-state index is 0.172. The van der Waals surface area contributed by atoms with Gasteiger partial charge in [0.05, 0.1) is 12.7 Å². The van der Waals surface area contributed by atoms with Gasteiger partial charge in [0.1, 0.15) is 5.82 Å². The van der Waals surface area contributed by atoms with Crippen molar-refractivity contribution < 1.29 is 4.79 Å². The van der Waals surface area contributed by atoms with Gasteiger partial charge in [-0.05, 0) is 35.2 Å². The second-order valence-electron chi connectivity index (χ2n) is 4.84. The van der Waals surface area contributed by atoms with Crippen molar-refractivity contribution in [3.8, 4) is 0 Å². The lowest BCUT2D eigenvalue weighted by Gasteiger charge is -2.08. The third kappa shape index (κ3) is 4.40. The highest BCUT2D eigenvalue weighted by molar-refractivity contribution is 9.10. The zero-order valence-electron chi connectivity index (χ0n) is 12.1. The van der Waals surface area contributed by atoms with E-state index in [2.05, 4.69) is 26.3 Å². The van der Waals surface area contributed by atoms with Crippen molar-refractivity contribution in [1.82, 2.24) is 9.78 Å². The van der Waals surface area contributed by atoms with Crippen LogP contribution in [-0.4, -0.2) is 15.7 Å². The van der Waals surface area contributed by atoms with E-state index in [0.29, 0.717) is 12.4 Å². The Morgan fingerprint density at radius 3 is 3.00 bits per heavy atom. The molecular weight excluding hydrogens is 374 g/mol. The Kier molecular flexibility index (Phi) is 5.05. The molecule has 0 bridgehead atoms. The Labute approximate surface area is 146 Å². The predicted molar refractivity (Wildman–Crippen MR) is 97.5 cm³/mol. The van der Waals surface area contributed by atoms with Crippen LogP contribution in [0.25, 0.3) is 6.08 Å². The molecule has 0 saturated heterocycles. The van der Waals surface area contributed by atoms with Gasteiger partial charge in [-0.15, -0.1) is 11.3 Å². The molecule has 1 N–H and O–H groups in total. The molecule has 0 atom stereocenters. The fraction of sp³-hybridized carbons (Fsp3) is 0.0588. The minimum atomic E-state index is -0.172. The van der Waals surface area contributed by atoms with E-state index in [1.54, 1.807) is 34.4 Å². The smallest absolute Gasteiger partial charge is 0.249 e. The summed E-state index contributed by atoms with van der Waals surface area (Å²) in [5.41, 5.74) is 1.10. The Bertz CT molecular complexity index is 824. The fourth-order valence-corrected chi connectivity index (χ4v) is 3.15. The van der Waals surface area contributed by atoms with Gasteiger partial charge in [0.25, 0.3) is 0 Å². The molecule has 0 fully saturated rings. The Morgan fingerprint density at radius 1 is 1.30 bits per heavy atom. The third-order valence-corrected chi connectivity index (χ3v) is 4.46. The van der Waals surface area contributed by atoms with Crippen molar-refractivity contribution >= 4 is 45.1 Å². The molecule has 2 heterocycles. The number of nitrogens with one attached hydrogen (secondary N) is 1. The minimum Gasteiger partial charge on any atom is -0.307 e. The van der Waals surface area contributed by atoms with Crippen molar-refractivity contribution in [2.75, 3.05) is 5.32 Å². The number of hydrogen-bond donors (Lipinski definition) is 1.